The molecule has 0 aliphatic carbocycles. The van der Waals surface area contributed by atoms with Gasteiger partial charge in [-0.05, 0) is 43.7 Å². The second kappa shape index (κ2) is 27.7. The van der Waals surface area contributed by atoms with Gasteiger partial charge in [0.05, 0.1) is 6.04 Å². The predicted molar refractivity (Wildman–Crippen MR) is 241 cm³/mol. The van der Waals surface area contributed by atoms with Crippen molar-refractivity contribution in [2.75, 3.05) is 24.6 Å². The van der Waals surface area contributed by atoms with Gasteiger partial charge in [-0.2, -0.15) is 25.3 Å². The van der Waals surface area contributed by atoms with E-state index in [1.54, 1.807) is 60.7 Å². The van der Waals surface area contributed by atoms with E-state index in [1.807, 2.05) is 0 Å². The molecule has 21 nitrogen and oxygen atoms in total. The number of guanidine groups is 2. The van der Waals surface area contributed by atoms with Crippen LogP contribution in [0.5, 0.6) is 0 Å². The van der Waals surface area contributed by atoms with E-state index in [0.29, 0.717) is 17.5 Å². The van der Waals surface area contributed by atoms with Gasteiger partial charge in [0.15, 0.2) is 11.9 Å². The van der Waals surface area contributed by atoms with E-state index in [0.717, 1.165) is 0 Å². The highest BCUT2D eigenvalue weighted by atomic mass is 32.1. The highest BCUT2D eigenvalue weighted by Gasteiger charge is 2.33. The van der Waals surface area contributed by atoms with Crippen LogP contribution in [0.2, 0.25) is 0 Å². The first-order valence-corrected chi connectivity index (χ1v) is 20.9. The Hall–Kier alpha value is -6.07. The third-order valence-electron chi connectivity index (χ3n) is 9.08. The number of nitrogens with one attached hydrogen (secondary N) is 6. The summed E-state index contributed by atoms with van der Waals surface area (Å²) >= 11 is 8.25. The minimum absolute atomic E-state index is 0.0283. The number of aliphatic imine (C=N–C) groups is 2. The van der Waals surface area contributed by atoms with Crippen molar-refractivity contribution in [2.45, 2.75) is 87.7 Å². The Bertz CT molecular complexity index is 1850. The zero-order chi connectivity index (χ0) is 46.2. The minimum atomic E-state index is -1.35. The minimum Gasteiger partial charge on any atom is -0.480 e. The summed E-state index contributed by atoms with van der Waals surface area (Å²) in [7, 11) is 0. The van der Waals surface area contributed by atoms with Crippen LogP contribution >= 0.6 is 25.3 Å². The summed E-state index contributed by atoms with van der Waals surface area (Å²) in [5.74, 6) is -6.62. The van der Waals surface area contributed by atoms with Crippen LogP contribution in [0, 0.1) is 0 Å². The number of carboxylic acid groups (broad SMARTS) is 1. The van der Waals surface area contributed by atoms with Crippen LogP contribution in [-0.2, 0) is 46.4 Å². The molecule has 6 amide bonds. The maximum Gasteiger partial charge on any atom is 0.327 e. The first kappa shape index (κ1) is 52.1. The zero-order valence-electron chi connectivity index (χ0n) is 34.4. The smallest absolute Gasteiger partial charge is 0.327 e. The van der Waals surface area contributed by atoms with E-state index < -0.39 is 83.7 Å². The number of nitrogens with two attached hydrogens (primary N) is 5. The van der Waals surface area contributed by atoms with Crippen molar-refractivity contribution in [3.05, 3.63) is 71.8 Å². The normalized spacial score (nSPS) is 14.1. The summed E-state index contributed by atoms with van der Waals surface area (Å²) in [5.41, 5.74) is 28.8. The Labute approximate surface area is 370 Å². The molecule has 0 unspecified atom stereocenters. The Balaban J connectivity index is 2.33. The molecule has 0 aliphatic heterocycles. The van der Waals surface area contributed by atoms with Crippen molar-refractivity contribution in [1.82, 2.24) is 31.9 Å². The number of carboxylic acids is 1. The lowest BCUT2D eigenvalue weighted by molar-refractivity contribution is -0.141. The molecule has 0 radical (unpaired) electrons. The lowest BCUT2D eigenvalue weighted by atomic mass is 10.0. The average molecular weight is 902 g/mol. The summed E-state index contributed by atoms with van der Waals surface area (Å²) in [6, 6.07) is 8.72. The molecule has 0 aromatic heterocycles. The molecule has 2 aromatic carbocycles. The summed E-state index contributed by atoms with van der Waals surface area (Å²) < 4.78 is 0. The van der Waals surface area contributed by atoms with E-state index >= 15 is 0 Å². The Morgan fingerprint density at radius 3 is 1.37 bits per heavy atom. The van der Waals surface area contributed by atoms with Crippen LogP contribution in [0.25, 0.3) is 0 Å². The van der Waals surface area contributed by atoms with Crippen molar-refractivity contribution in [2.24, 2.45) is 38.7 Å². The van der Waals surface area contributed by atoms with Gasteiger partial charge in [0, 0.05) is 37.4 Å². The van der Waals surface area contributed by atoms with Crippen molar-refractivity contribution < 1.29 is 38.7 Å². The molecule has 340 valence electrons. The molecule has 0 saturated heterocycles. The summed E-state index contributed by atoms with van der Waals surface area (Å²) in [6.45, 7) is 1.73. The number of nitrogens with zero attached hydrogens (tertiary/aromatic N) is 2. The highest BCUT2D eigenvalue weighted by molar-refractivity contribution is 7.80. The highest BCUT2D eigenvalue weighted by Crippen LogP contribution is 2.10. The maximum atomic E-state index is 14.1. The molecule has 0 fully saturated rings. The molecule has 0 spiro atoms. The fourth-order valence-corrected chi connectivity index (χ4v) is 6.20. The van der Waals surface area contributed by atoms with Gasteiger partial charge in [0.2, 0.25) is 35.4 Å². The summed E-state index contributed by atoms with van der Waals surface area (Å²) in [5, 5.41) is 24.9. The van der Waals surface area contributed by atoms with Gasteiger partial charge in [0.1, 0.15) is 36.3 Å². The topological polar surface area (TPSA) is 367 Å². The van der Waals surface area contributed by atoms with Gasteiger partial charge in [-0.15, -0.1) is 0 Å². The second-order valence-electron chi connectivity index (χ2n) is 14.1. The number of carbonyl (C=O) groups is 7. The third kappa shape index (κ3) is 19.5. The van der Waals surface area contributed by atoms with Crippen LogP contribution in [0.3, 0.4) is 0 Å². The molecular weight excluding hydrogens is 843 g/mol. The Kier molecular flexibility index (Phi) is 23.3. The first-order valence-electron chi connectivity index (χ1n) is 19.7. The lowest BCUT2D eigenvalue weighted by Crippen LogP contribution is -2.60. The fourth-order valence-electron chi connectivity index (χ4n) is 5.69. The number of hydrogen-bond donors (Lipinski definition) is 14. The van der Waals surface area contributed by atoms with E-state index in [1.165, 1.54) is 6.92 Å². The van der Waals surface area contributed by atoms with Crippen LogP contribution in [0.15, 0.2) is 70.6 Å². The number of amides is 6. The van der Waals surface area contributed by atoms with Gasteiger partial charge in [-0.25, -0.2) is 4.79 Å². The van der Waals surface area contributed by atoms with E-state index in [2.05, 4.69) is 67.1 Å². The molecular formula is C39H59N13O8S2. The van der Waals surface area contributed by atoms with Gasteiger partial charge in [-0.1, -0.05) is 60.7 Å². The molecule has 23 heteroatoms. The van der Waals surface area contributed by atoms with Gasteiger partial charge in [-0.3, -0.25) is 38.8 Å². The van der Waals surface area contributed by atoms with Gasteiger partial charge in [0.25, 0.3) is 0 Å². The maximum absolute atomic E-state index is 14.1. The molecule has 2 aromatic rings. The molecule has 0 heterocycles. The summed E-state index contributed by atoms with van der Waals surface area (Å²) in [4.78, 5) is 101. The molecule has 0 saturated carbocycles. The monoisotopic (exact) mass is 901 g/mol. The van der Waals surface area contributed by atoms with E-state index in [-0.39, 0.29) is 68.6 Å². The van der Waals surface area contributed by atoms with Crippen LogP contribution in [-0.4, -0.2) is 125 Å². The molecule has 0 bridgehead atoms. The third-order valence-corrected chi connectivity index (χ3v) is 9.81. The quantitative estimate of drug-likeness (QED) is 0.0182. The molecule has 62 heavy (non-hydrogen) atoms. The summed E-state index contributed by atoms with van der Waals surface area (Å²) in [6.07, 6.45) is 0.707. The number of hydrogen-bond acceptors (Lipinski definition) is 12. The van der Waals surface area contributed by atoms with Crippen molar-refractivity contribution in [3.63, 3.8) is 0 Å². The van der Waals surface area contributed by atoms with Crippen molar-refractivity contribution >= 4 is 78.6 Å². The number of benzene rings is 2. The van der Waals surface area contributed by atoms with Crippen LogP contribution in [0.1, 0.15) is 43.7 Å². The number of thiol groups is 2. The molecule has 0 aliphatic rings. The van der Waals surface area contributed by atoms with Crippen LogP contribution in [0.4, 0.5) is 0 Å². The van der Waals surface area contributed by atoms with Gasteiger partial charge >= 0.3 is 5.97 Å². The average Bonchev–Trinajstić information content (AvgIpc) is 3.23. The second-order valence-corrected chi connectivity index (χ2v) is 14.9. The molecule has 17 N–H and O–H groups in total. The van der Waals surface area contributed by atoms with Crippen molar-refractivity contribution in [1.29, 1.82) is 0 Å². The van der Waals surface area contributed by atoms with Crippen LogP contribution < -0.4 is 60.6 Å². The largest absolute Gasteiger partial charge is 0.480 e. The fraction of sp³-hybridized carbons (Fsp3) is 0.462. The Morgan fingerprint density at radius 2 is 0.935 bits per heavy atom. The molecule has 7 atom stereocenters. The van der Waals surface area contributed by atoms with E-state index in [9.17, 15) is 38.7 Å². The zero-order valence-corrected chi connectivity index (χ0v) is 36.2. The Morgan fingerprint density at radius 1 is 0.548 bits per heavy atom. The first-order chi connectivity index (χ1) is 29.4. The molecule has 2 rings (SSSR count). The SMILES string of the molecule is C[C@H](NC(=O)[C@@H](N)CCCN=C(N)N)C(=O)N[C@@H](CS)C(=O)N[C@@H](CCCN=C(N)N)C(=O)N[C@@H](Cc1ccccc1)C(=O)N[C@@H](Cc1ccccc1)C(=O)N[C@@H](CS)C(=O)O. The standard InChI is InChI=1S/C39H59N13O8S2/c1-22(47-32(54)25(40)14-8-16-45-38(41)42)31(53)51-29(20-61)36(58)48-26(15-9-17-46-39(43)44)33(55)49-27(18-23-10-4-2-5-11-23)34(56)50-28(19-24-12-6-3-7-13-24)35(57)52-30(21-62)37(59)60/h2-7,10-13,22,25-30,61-62H,8-9,14-21,40H2,1H3,(H,47,54)(H,48,58)(H,49,55)(H,50,56)(H,51,53)(H,52,57)(H,59,60)(H4,41,42,45)(H4,43,44,46)/t22-,25-,26-,27-,28-,29-,30-/m0/s1. The van der Waals surface area contributed by atoms with Gasteiger partial charge < -0.3 is 65.7 Å². The number of rotatable bonds is 27. The predicted octanol–water partition coefficient (Wildman–Crippen LogP) is -3.22. The van der Waals surface area contributed by atoms with Crippen molar-refractivity contribution in [3.8, 4) is 0 Å². The number of aliphatic carboxylic acids is 1. The lowest BCUT2D eigenvalue weighted by Gasteiger charge is -2.27. The van der Waals surface area contributed by atoms with E-state index in [4.69, 9.17) is 28.7 Å². The number of carbonyl (C=O) groups excluding carboxylic acids is 6.